The van der Waals surface area contributed by atoms with E-state index in [0.717, 1.165) is 25.1 Å². The summed E-state index contributed by atoms with van der Waals surface area (Å²) in [5, 5.41) is 6.45. The number of unbranched alkanes of at least 4 members (excludes halogenated alkanes) is 1. The van der Waals surface area contributed by atoms with E-state index in [1.165, 1.54) is 7.11 Å². The fourth-order valence-corrected chi connectivity index (χ4v) is 2.14. The van der Waals surface area contributed by atoms with Crippen molar-refractivity contribution in [3.8, 4) is 11.5 Å². The molecule has 2 N–H and O–H groups in total. The van der Waals surface area contributed by atoms with E-state index in [1.807, 2.05) is 32.0 Å². The Morgan fingerprint density at radius 3 is 2.54 bits per heavy atom. The van der Waals surface area contributed by atoms with Crippen LogP contribution >= 0.6 is 24.0 Å². The lowest BCUT2D eigenvalue weighted by atomic mass is 10.2. The Labute approximate surface area is 172 Å². The third kappa shape index (κ3) is 9.12. The minimum atomic E-state index is -0.185. The van der Waals surface area contributed by atoms with Gasteiger partial charge in [0.05, 0.1) is 20.8 Å². The zero-order valence-corrected chi connectivity index (χ0v) is 18.3. The van der Waals surface area contributed by atoms with Gasteiger partial charge in [0, 0.05) is 31.3 Å². The molecular formula is C18H30IN3O4. The van der Waals surface area contributed by atoms with Crippen LogP contribution in [-0.4, -0.2) is 45.8 Å². The van der Waals surface area contributed by atoms with Crippen molar-refractivity contribution in [2.75, 3.05) is 39.2 Å². The van der Waals surface area contributed by atoms with Crippen LogP contribution in [-0.2, 0) is 9.53 Å². The van der Waals surface area contributed by atoms with Gasteiger partial charge in [-0.15, -0.1) is 24.0 Å². The molecule has 148 valence electrons. The number of carbonyl (C=O) groups excluding carboxylic acids is 1. The molecule has 0 atom stereocenters. The highest BCUT2D eigenvalue weighted by Gasteiger charge is 2.07. The Bertz CT molecular complexity index is 567. The quantitative estimate of drug-likeness (QED) is 0.176. The molecule has 0 bridgehead atoms. The number of guanidine groups is 1. The Hall–Kier alpha value is -1.71. The molecule has 1 rings (SSSR count). The average Bonchev–Trinajstić information content (AvgIpc) is 2.62. The number of halogens is 1. The third-order valence-corrected chi connectivity index (χ3v) is 3.36. The molecule has 7 nitrogen and oxygen atoms in total. The molecule has 0 aliphatic heterocycles. The van der Waals surface area contributed by atoms with Crippen LogP contribution in [0.2, 0.25) is 0 Å². The molecule has 0 saturated heterocycles. The predicted octanol–water partition coefficient (Wildman–Crippen LogP) is 3.43. The van der Waals surface area contributed by atoms with Gasteiger partial charge in [0.25, 0.3) is 0 Å². The molecule has 0 amide bonds. The molecule has 0 unspecified atom stereocenters. The fourth-order valence-electron chi connectivity index (χ4n) is 2.14. The number of esters is 1. The van der Waals surface area contributed by atoms with Crippen LogP contribution in [0.15, 0.2) is 23.2 Å². The molecule has 8 heteroatoms. The normalized spacial score (nSPS) is 10.5. The van der Waals surface area contributed by atoms with Crippen molar-refractivity contribution in [1.82, 2.24) is 5.32 Å². The number of anilines is 1. The van der Waals surface area contributed by atoms with Gasteiger partial charge in [-0.25, -0.2) is 0 Å². The third-order valence-electron chi connectivity index (χ3n) is 3.36. The van der Waals surface area contributed by atoms with E-state index < -0.39 is 0 Å². The first-order chi connectivity index (χ1) is 12.1. The van der Waals surface area contributed by atoms with E-state index in [2.05, 4.69) is 20.4 Å². The van der Waals surface area contributed by atoms with Crippen molar-refractivity contribution in [2.45, 2.75) is 33.1 Å². The average molecular weight is 479 g/mol. The predicted molar refractivity (Wildman–Crippen MR) is 115 cm³/mol. The smallest absolute Gasteiger partial charge is 0.305 e. The van der Waals surface area contributed by atoms with Crippen LogP contribution in [0.1, 0.15) is 33.1 Å². The summed E-state index contributed by atoms with van der Waals surface area (Å²) in [7, 11) is 3.02. The van der Waals surface area contributed by atoms with E-state index in [4.69, 9.17) is 9.47 Å². The maximum atomic E-state index is 11.1. The number of nitrogens with one attached hydrogen (secondary N) is 2. The topological polar surface area (TPSA) is 81.2 Å². The first-order valence-electron chi connectivity index (χ1n) is 8.57. The number of carbonyl (C=O) groups is 1. The van der Waals surface area contributed by atoms with Crippen LogP contribution in [0.25, 0.3) is 0 Å². The Morgan fingerprint density at radius 1 is 1.15 bits per heavy atom. The first kappa shape index (κ1) is 24.3. The van der Waals surface area contributed by atoms with E-state index in [0.29, 0.717) is 37.0 Å². The molecule has 1 aromatic rings. The number of methoxy groups -OCH3 is 2. The zero-order valence-electron chi connectivity index (χ0n) is 16.0. The molecule has 26 heavy (non-hydrogen) atoms. The van der Waals surface area contributed by atoms with Crippen LogP contribution in [0, 0.1) is 0 Å². The molecule has 0 heterocycles. The van der Waals surface area contributed by atoms with Crippen molar-refractivity contribution in [3.63, 3.8) is 0 Å². The van der Waals surface area contributed by atoms with E-state index >= 15 is 0 Å². The Kier molecular flexibility index (Phi) is 13.5. The van der Waals surface area contributed by atoms with Crippen LogP contribution < -0.4 is 20.1 Å². The van der Waals surface area contributed by atoms with Crippen molar-refractivity contribution >= 4 is 41.6 Å². The summed E-state index contributed by atoms with van der Waals surface area (Å²) in [5.41, 5.74) is 0.860. The number of hydrogen-bond donors (Lipinski definition) is 2. The van der Waals surface area contributed by atoms with Gasteiger partial charge in [-0.1, -0.05) is 0 Å². The van der Waals surface area contributed by atoms with Gasteiger partial charge in [0.1, 0.15) is 0 Å². The van der Waals surface area contributed by atoms with Crippen LogP contribution in [0.5, 0.6) is 11.5 Å². The van der Waals surface area contributed by atoms with Gasteiger partial charge < -0.3 is 24.8 Å². The molecule has 1 aromatic carbocycles. The highest BCUT2D eigenvalue weighted by Crippen LogP contribution is 2.30. The second-order valence-corrected chi connectivity index (χ2v) is 5.22. The summed E-state index contributed by atoms with van der Waals surface area (Å²) in [4.78, 5) is 15.6. The van der Waals surface area contributed by atoms with Gasteiger partial charge >= 0.3 is 5.97 Å². The van der Waals surface area contributed by atoms with Crippen molar-refractivity contribution < 1.29 is 19.0 Å². The number of rotatable bonds is 10. The van der Waals surface area contributed by atoms with Crippen molar-refractivity contribution in [2.24, 2.45) is 4.99 Å². The van der Waals surface area contributed by atoms with Gasteiger partial charge in [-0.3, -0.25) is 9.79 Å². The number of ether oxygens (including phenoxy) is 3. The summed E-state index contributed by atoms with van der Waals surface area (Å²) < 4.78 is 15.5. The highest BCUT2D eigenvalue weighted by atomic mass is 127. The SMILES string of the molecule is CCNC(=NCCCCC(=O)OC)Nc1ccc(OC)c(OCC)c1.I. The van der Waals surface area contributed by atoms with Gasteiger partial charge in [-0.05, 0) is 38.8 Å². The maximum Gasteiger partial charge on any atom is 0.305 e. The minimum Gasteiger partial charge on any atom is -0.493 e. The second kappa shape index (κ2) is 14.5. The number of aliphatic imine (C=N–C) groups is 1. The molecular weight excluding hydrogens is 449 g/mol. The van der Waals surface area contributed by atoms with Crippen LogP contribution in [0.3, 0.4) is 0 Å². The molecule has 0 aliphatic carbocycles. The van der Waals surface area contributed by atoms with Crippen LogP contribution in [0.4, 0.5) is 5.69 Å². The number of nitrogens with zero attached hydrogens (tertiary/aromatic N) is 1. The van der Waals surface area contributed by atoms with E-state index in [9.17, 15) is 4.79 Å². The monoisotopic (exact) mass is 479 g/mol. The molecule has 0 spiro atoms. The second-order valence-electron chi connectivity index (χ2n) is 5.22. The summed E-state index contributed by atoms with van der Waals surface area (Å²) in [6.45, 7) is 5.88. The summed E-state index contributed by atoms with van der Waals surface area (Å²) >= 11 is 0. The lowest BCUT2D eigenvalue weighted by Gasteiger charge is -2.14. The van der Waals surface area contributed by atoms with Crippen molar-refractivity contribution in [1.29, 1.82) is 0 Å². The molecule has 0 aromatic heterocycles. The summed E-state index contributed by atoms with van der Waals surface area (Å²) in [5.74, 6) is 1.88. The molecule has 0 aliphatic rings. The lowest BCUT2D eigenvalue weighted by molar-refractivity contribution is -0.140. The zero-order chi connectivity index (χ0) is 18.5. The number of benzene rings is 1. The first-order valence-corrected chi connectivity index (χ1v) is 8.57. The largest absolute Gasteiger partial charge is 0.493 e. The molecule has 0 saturated carbocycles. The molecule has 0 fully saturated rings. The highest BCUT2D eigenvalue weighted by molar-refractivity contribution is 14.0. The standard InChI is InChI=1S/C18H29N3O4.HI/c1-5-19-18(20-12-8-7-9-17(22)24-4)21-14-10-11-15(23-3)16(13-14)25-6-2;/h10-11,13H,5-9,12H2,1-4H3,(H2,19,20,21);1H. The van der Waals surface area contributed by atoms with Crippen molar-refractivity contribution in [3.05, 3.63) is 18.2 Å². The van der Waals surface area contributed by atoms with Gasteiger partial charge in [0.15, 0.2) is 17.5 Å². The summed E-state index contributed by atoms with van der Waals surface area (Å²) in [6.07, 6.45) is 2.00. The van der Waals surface area contributed by atoms with Gasteiger partial charge in [-0.2, -0.15) is 0 Å². The minimum absolute atomic E-state index is 0. The fraction of sp³-hybridized carbons (Fsp3) is 0.556. The Morgan fingerprint density at radius 2 is 1.92 bits per heavy atom. The molecule has 0 radical (unpaired) electrons. The number of hydrogen-bond acceptors (Lipinski definition) is 5. The Balaban J connectivity index is 0.00000625. The summed E-state index contributed by atoms with van der Waals surface area (Å²) in [6, 6.07) is 5.64. The van der Waals surface area contributed by atoms with E-state index in [-0.39, 0.29) is 29.9 Å². The van der Waals surface area contributed by atoms with E-state index in [1.54, 1.807) is 7.11 Å². The van der Waals surface area contributed by atoms with Gasteiger partial charge in [0.2, 0.25) is 0 Å². The lowest BCUT2D eigenvalue weighted by Crippen LogP contribution is -2.30. The maximum absolute atomic E-state index is 11.1.